The largest absolute Gasteiger partial charge is 0.255 e. The van der Waals surface area contributed by atoms with Crippen LogP contribution in [0.25, 0.3) is 10.9 Å². The van der Waals surface area contributed by atoms with Crippen LogP contribution >= 0.6 is 56.8 Å². The standard InChI is InChI=1S/C9H4ClI2N/c10-9-6-3-5(11)1-2-8(6)13-4-7(9)12/h1-4H. The second kappa shape index (κ2) is 3.86. The summed E-state index contributed by atoms with van der Waals surface area (Å²) in [5.41, 5.74) is 0.950. The van der Waals surface area contributed by atoms with E-state index < -0.39 is 0 Å². The number of nitrogens with zero attached hydrogens (tertiary/aromatic N) is 1. The van der Waals surface area contributed by atoms with Gasteiger partial charge in [-0.05, 0) is 63.4 Å². The second-order valence-electron chi connectivity index (χ2n) is 2.58. The fourth-order valence-corrected chi connectivity index (χ4v) is 2.23. The van der Waals surface area contributed by atoms with E-state index in [1.54, 1.807) is 6.20 Å². The van der Waals surface area contributed by atoms with Crippen LogP contribution in [0.1, 0.15) is 0 Å². The molecule has 0 bridgehead atoms. The molecule has 0 N–H and O–H groups in total. The molecule has 1 aromatic heterocycles. The van der Waals surface area contributed by atoms with Crippen molar-refractivity contribution in [3.8, 4) is 0 Å². The van der Waals surface area contributed by atoms with Gasteiger partial charge in [0.2, 0.25) is 0 Å². The van der Waals surface area contributed by atoms with Crippen LogP contribution in [0.2, 0.25) is 5.02 Å². The van der Waals surface area contributed by atoms with E-state index in [0.717, 1.165) is 19.5 Å². The van der Waals surface area contributed by atoms with Gasteiger partial charge in [-0.3, -0.25) is 4.98 Å². The lowest BCUT2D eigenvalue weighted by molar-refractivity contribution is 1.38. The maximum atomic E-state index is 6.15. The molecule has 1 nitrogen and oxygen atoms in total. The smallest absolute Gasteiger partial charge is 0.0718 e. The van der Waals surface area contributed by atoms with Gasteiger partial charge in [0, 0.05) is 15.2 Å². The highest BCUT2D eigenvalue weighted by molar-refractivity contribution is 14.1. The van der Waals surface area contributed by atoms with Crippen molar-refractivity contribution in [2.45, 2.75) is 0 Å². The molecular formula is C9H4ClI2N. The number of halogens is 3. The van der Waals surface area contributed by atoms with E-state index >= 15 is 0 Å². The van der Waals surface area contributed by atoms with Crippen LogP contribution in [0.5, 0.6) is 0 Å². The topological polar surface area (TPSA) is 12.9 Å². The Labute approximate surface area is 108 Å². The summed E-state index contributed by atoms with van der Waals surface area (Å²) in [7, 11) is 0. The molecule has 0 spiro atoms. The zero-order chi connectivity index (χ0) is 9.42. The van der Waals surface area contributed by atoms with Gasteiger partial charge in [0.25, 0.3) is 0 Å². The fraction of sp³-hybridized carbons (Fsp3) is 0. The molecule has 0 radical (unpaired) electrons. The lowest BCUT2D eigenvalue weighted by Crippen LogP contribution is -1.84. The summed E-state index contributed by atoms with van der Waals surface area (Å²) < 4.78 is 2.17. The lowest BCUT2D eigenvalue weighted by Gasteiger charge is -2.01. The highest BCUT2D eigenvalue weighted by atomic mass is 127. The molecule has 0 aliphatic heterocycles. The van der Waals surface area contributed by atoms with Gasteiger partial charge in [0.05, 0.1) is 14.1 Å². The summed E-state index contributed by atoms with van der Waals surface area (Å²) in [4.78, 5) is 4.29. The predicted molar refractivity (Wildman–Crippen MR) is 72.2 cm³/mol. The van der Waals surface area contributed by atoms with Crippen molar-refractivity contribution in [2.75, 3.05) is 0 Å². The number of pyridine rings is 1. The van der Waals surface area contributed by atoms with Gasteiger partial charge in [0.15, 0.2) is 0 Å². The van der Waals surface area contributed by atoms with E-state index in [9.17, 15) is 0 Å². The third-order valence-electron chi connectivity index (χ3n) is 1.72. The minimum absolute atomic E-state index is 0.795. The summed E-state index contributed by atoms with van der Waals surface area (Å²) in [5.74, 6) is 0. The molecule has 4 heteroatoms. The zero-order valence-corrected chi connectivity index (χ0v) is 11.5. The van der Waals surface area contributed by atoms with E-state index in [4.69, 9.17) is 11.6 Å². The van der Waals surface area contributed by atoms with Crippen molar-refractivity contribution in [1.82, 2.24) is 4.98 Å². The van der Waals surface area contributed by atoms with Crippen molar-refractivity contribution in [3.63, 3.8) is 0 Å². The molecule has 0 aliphatic rings. The molecule has 0 atom stereocenters. The summed E-state index contributed by atoms with van der Waals surface area (Å²) in [5, 5.41) is 1.82. The van der Waals surface area contributed by atoms with Gasteiger partial charge < -0.3 is 0 Å². The number of hydrogen-bond acceptors (Lipinski definition) is 1. The Morgan fingerprint density at radius 1 is 1.23 bits per heavy atom. The van der Waals surface area contributed by atoms with Crippen LogP contribution in [0, 0.1) is 7.14 Å². The average molecular weight is 415 g/mol. The Bertz CT molecular complexity index is 465. The third-order valence-corrected chi connectivity index (χ3v) is 3.94. The molecule has 1 heterocycles. The number of fused-ring (bicyclic) bond motifs is 1. The molecule has 2 aromatic rings. The van der Waals surface area contributed by atoms with Gasteiger partial charge in [0.1, 0.15) is 0 Å². The Balaban J connectivity index is 2.89. The average Bonchev–Trinajstić information content (AvgIpc) is 2.12. The normalized spacial score (nSPS) is 10.7. The third kappa shape index (κ3) is 1.92. The van der Waals surface area contributed by atoms with Crippen molar-refractivity contribution >= 4 is 67.7 Å². The Kier molecular flexibility index (Phi) is 2.94. The van der Waals surface area contributed by atoms with Crippen molar-refractivity contribution in [1.29, 1.82) is 0 Å². The minimum Gasteiger partial charge on any atom is -0.255 e. The maximum absolute atomic E-state index is 6.15. The predicted octanol–water partition coefficient (Wildman–Crippen LogP) is 4.10. The molecule has 1 aromatic carbocycles. The van der Waals surface area contributed by atoms with Gasteiger partial charge in [-0.15, -0.1) is 0 Å². The molecule has 66 valence electrons. The quantitative estimate of drug-likeness (QED) is 0.591. The Morgan fingerprint density at radius 3 is 2.77 bits per heavy atom. The molecule has 0 amide bonds. The fourth-order valence-electron chi connectivity index (χ4n) is 1.11. The monoisotopic (exact) mass is 415 g/mol. The number of rotatable bonds is 0. The molecule has 2 rings (SSSR count). The van der Waals surface area contributed by atoms with Crippen LogP contribution < -0.4 is 0 Å². The van der Waals surface area contributed by atoms with Gasteiger partial charge in [-0.25, -0.2) is 0 Å². The molecule has 0 fully saturated rings. The highest BCUT2D eigenvalue weighted by Gasteiger charge is 2.04. The number of hydrogen-bond donors (Lipinski definition) is 0. The molecular weight excluding hydrogens is 411 g/mol. The Hall–Kier alpha value is 0.380. The van der Waals surface area contributed by atoms with E-state index in [1.807, 2.05) is 18.2 Å². The minimum atomic E-state index is 0.795. The first kappa shape index (κ1) is 9.92. The van der Waals surface area contributed by atoms with Crippen molar-refractivity contribution in [2.24, 2.45) is 0 Å². The summed E-state index contributed by atoms with van der Waals surface area (Å²) in [6, 6.07) is 6.06. The van der Waals surface area contributed by atoms with E-state index in [2.05, 4.69) is 50.2 Å². The summed E-state index contributed by atoms with van der Waals surface area (Å²) in [6.45, 7) is 0. The lowest BCUT2D eigenvalue weighted by atomic mass is 10.2. The second-order valence-corrected chi connectivity index (χ2v) is 5.37. The van der Waals surface area contributed by atoms with Crippen LogP contribution in [0.15, 0.2) is 24.4 Å². The van der Waals surface area contributed by atoms with E-state index in [1.165, 1.54) is 3.57 Å². The summed E-state index contributed by atoms with van der Waals surface area (Å²) in [6.07, 6.45) is 1.79. The Morgan fingerprint density at radius 2 is 2.00 bits per heavy atom. The maximum Gasteiger partial charge on any atom is 0.0718 e. The van der Waals surface area contributed by atoms with Gasteiger partial charge >= 0.3 is 0 Å². The number of aromatic nitrogens is 1. The molecule has 13 heavy (non-hydrogen) atoms. The molecule has 0 aliphatic carbocycles. The van der Waals surface area contributed by atoms with Crippen LogP contribution in [0.3, 0.4) is 0 Å². The first-order valence-electron chi connectivity index (χ1n) is 3.58. The zero-order valence-electron chi connectivity index (χ0n) is 6.39. The van der Waals surface area contributed by atoms with E-state index in [-0.39, 0.29) is 0 Å². The number of benzene rings is 1. The summed E-state index contributed by atoms with van der Waals surface area (Å²) >= 11 is 10.6. The first-order chi connectivity index (χ1) is 6.18. The van der Waals surface area contributed by atoms with Gasteiger partial charge in [-0.2, -0.15) is 0 Å². The highest BCUT2D eigenvalue weighted by Crippen LogP contribution is 2.27. The van der Waals surface area contributed by atoms with Crippen LogP contribution in [-0.4, -0.2) is 4.98 Å². The van der Waals surface area contributed by atoms with Crippen LogP contribution in [-0.2, 0) is 0 Å². The molecule has 0 unspecified atom stereocenters. The van der Waals surface area contributed by atoms with Gasteiger partial charge in [-0.1, -0.05) is 11.6 Å². The van der Waals surface area contributed by atoms with Crippen molar-refractivity contribution in [3.05, 3.63) is 36.6 Å². The molecule has 0 saturated heterocycles. The van der Waals surface area contributed by atoms with Crippen molar-refractivity contribution < 1.29 is 0 Å². The first-order valence-corrected chi connectivity index (χ1v) is 6.11. The molecule has 0 saturated carbocycles. The SMILES string of the molecule is Clc1c(I)cnc2ccc(I)cc12. The van der Waals surface area contributed by atoms with E-state index in [0.29, 0.717) is 0 Å². The van der Waals surface area contributed by atoms with Crippen LogP contribution in [0.4, 0.5) is 0 Å².